The Kier molecular flexibility index (Phi) is 7.09. The summed E-state index contributed by atoms with van der Waals surface area (Å²) < 4.78 is 42.9. The quantitative estimate of drug-likeness (QED) is 0.270. The van der Waals surface area contributed by atoms with Gasteiger partial charge in [0.25, 0.3) is 5.91 Å². The SMILES string of the molecule is CC(=N)/C=C\Nc1ccc2cn(C3CCC(CNC(=O)c4cc(F)c(O)c(F)c4F)CC3)nc2c1. The van der Waals surface area contributed by atoms with E-state index in [0.717, 1.165) is 42.3 Å². The van der Waals surface area contributed by atoms with Crippen molar-refractivity contribution < 1.29 is 23.1 Å². The average Bonchev–Trinajstić information content (AvgIpc) is 3.27. The number of halogens is 3. The second-order valence-electron chi connectivity index (χ2n) is 8.81. The van der Waals surface area contributed by atoms with E-state index in [-0.39, 0.29) is 18.5 Å². The smallest absolute Gasteiger partial charge is 0.254 e. The monoisotopic (exact) mass is 485 g/mol. The summed E-state index contributed by atoms with van der Waals surface area (Å²) in [6, 6.07) is 6.59. The fraction of sp³-hybridized carbons (Fsp3) is 0.320. The number of hydrogen-bond acceptors (Lipinski definition) is 5. The number of anilines is 1. The summed E-state index contributed by atoms with van der Waals surface area (Å²) in [5.74, 6) is -6.95. The number of allylic oxidation sites excluding steroid dienone is 1. The molecule has 0 aliphatic heterocycles. The van der Waals surface area contributed by atoms with E-state index in [9.17, 15) is 18.0 Å². The Morgan fingerprint density at radius 1 is 1.20 bits per heavy atom. The van der Waals surface area contributed by atoms with Gasteiger partial charge < -0.3 is 21.1 Å². The molecule has 1 aliphatic carbocycles. The van der Waals surface area contributed by atoms with E-state index < -0.39 is 34.7 Å². The van der Waals surface area contributed by atoms with Gasteiger partial charge in [0.2, 0.25) is 5.82 Å². The summed E-state index contributed by atoms with van der Waals surface area (Å²) in [4.78, 5) is 12.2. The number of amides is 1. The van der Waals surface area contributed by atoms with E-state index in [1.165, 1.54) is 0 Å². The Labute approximate surface area is 200 Å². The Morgan fingerprint density at radius 2 is 1.94 bits per heavy atom. The highest BCUT2D eigenvalue weighted by Gasteiger charge is 2.26. The summed E-state index contributed by atoms with van der Waals surface area (Å²) in [6.07, 6.45) is 8.70. The van der Waals surface area contributed by atoms with Crippen molar-refractivity contribution in [3.63, 3.8) is 0 Å². The van der Waals surface area contributed by atoms with E-state index in [2.05, 4.69) is 10.6 Å². The third-order valence-electron chi connectivity index (χ3n) is 6.23. The van der Waals surface area contributed by atoms with Gasteiger partial charge in [-0.15, -0.1) is 0 Å². The van der Waals surface area contributed by atoms with Crippen LogP contribution < -0.4 is 10.6 Å². The summed E-state index contributed by atoms with van der Waals surface area (Å²) >= 11 is 0. The van der Waals surface area contributed by atoms with Crippen molar-refractivity contribution in [2.45, 2.75) is 38.6 Å². The molecule has 0 radical (unpaired) electrons. The average molecular weight is 486 g/mol. The second-order valence-corrected chi connectivity index (χ2v) is 8.81. The van der Waals surface area contributed by atoms with Gasteiger partial charge in [0.05, 0.1) is 17.1 Å². The Balaban J connectivity index is 1.32. The zero-order valence-corrected chi connectivity index (χ0v) is 19.1. The number of carbonyl (C=O) groups excluding carboxylic acids is 1. The van der Waals surface area contributed by atoms with Gasteiger partial charge in [-0.05, 0) is 68.9 Å². The van der Waals surface area contributed by atoms with Crippen molar-refractivity contribution >= 4 is 28.2 Å². The molecule has 3 aromatic rings. The number of phenols is 1. The summed E-state index contributed by atoms with van der Waals surface area (Å²) in [7, 11) is 0. The predicted molar refractivity (Wildman–Crippen MR) is 127 cm³/mol. The van der Waals surface area contributed by atoms with Crippen molar-refractivity contribution in [2.24, 2.45) is 5.92 Å². The van der Waals surface area contributed by atoms with Gasteiger partial charge in [-0.1, -0.05) is 0 Å². The van der Waals surface area contributed by atoms with Gasteiger partial charge in [0, 0.05) is 35.7 Å². The molecular formula is C25H26F3N5O2. The number of nitrogens with zero attached hydrogens (tertiary/aromatic N) is 2. The van der Waals surface area contributed by atoms with Crippen LogP contribution in [0.15, 0.2) is 42.7 Å². The third-order valence-corrected chi connectivity index (χ3v) is 6.23. The first-order valence-electron chi connectivity index (χ1n) is 11.3. The lowest BCUT2D eigenvalue weighted by Gasteiger charge is -2.28. The van der Waals surface area contributed by atoms with Crippen LogP contribution in [0.3, 0.4) is 0 Å². The van der Waals surface area contributed by atoms with Crippen LogP contribution in [0.1, 0.15) is 49.0 Å². The minimum Gasteiger partial charge on any atom is -0.503 e. The van der Waals surface area contributed by atoms with Crippen molar-refractivity contribution in [1.82, 2.24) is 15.1 Å². The lowest BCUT2D eigenvalue weighted by molar-refractivity contribution is 0.0935. The van der Waals surface area contributed by atoms with E-state index in [1.807, 2.05) is 29.1 Å². The lowest BCUT2D eigenvalue weighted by Crippen LogP contribution is -2.32. The Hall–Kier alpha value is -3.82. The summed E-state index contributed by atoms with van der Waals surface area (Å²) in [6.45, 7) is 1.96. The van der Waals surface area contributed by atoms with Crippen LogP contribution >= 0.6 is 0 Å². The van der Waals surface area contributed by atoms with Gasteiger partial charge >= 0.3 is 0 Å². The highest BCUT2D eigenvalue weighted by molar-refractivity contribution is 5.94. The number of hydrogen-bond donors (Lipinski definition) is 4. The van der Waals surface area contributed by atoms with Crippen LogP contribution in [-0.4, -0.2) is 33.1 Å². The highest BCUT2D eigenvalue weighted by atomic mass is 19.2. The van der Waals surface area contributed by atoms with E-state index in [1.54, 1.807) is 19.2 Å². The molecule has 184 valence electrons. The first-order chi connectivity index (χ1) is 16.7. The van der Waals surface area contributed by atoms with Crippen LogP contribution in [-0.2, 0) is 0 Å². The highest BCUT2D eigenvalue weighted by Crippen LogP contribution is 2.33. The lowest BCUT2D eigenvalue weighted by atomic mass is 9.86. The number of rotatable bonds is 7. The molecular weight excluding hydrogens is 459 g/mol. The standard InChI is InChI=1S/C25H26F3N5O2/c1-14(29)8-9-30-17-5-4-16-13-33(32-21(16)10-17)18-6-2-15(3-7-18)12-31-25(35)19-11-20(26)24(34)23(28)22(19)27/h4-5,8-11,13,15,18,29-30,34H,2-3,6-7,12H2,1H3,(H,31,35)/b9-8-,29-14?. The molecule has 0 unspecified atom stereocenters. The molecule has 1 heterocycles. The molecule has 4 N–H and O–H groups in total. The van der Waals surface area contributed by atoms with Gasteiger partial charge in [-0.25, -0.2) is 8.78 Å². The molecule has 0 saturated heterocycles. The Morgan fingerprint density at radius 3 is 2.66 bits per heavy atom. The maximum atomic E-state index is 13.9. The largest absolute Gasteiger partial charge is 0.503 e. The topological polar surface area (TPSA) is 103 Å². The molecule has 0 bridgehead atoms. The molecule has 1 aliphatic rings. The molecule has 35 heavy (non-hydrogen) atoms. The van der Waals surface area contributed by atoms with E-state index >= 15 is 0 Å². The molecule has 1 fully saturated rings. The molecule has 1 saturated carbocycles. The van der Waals surface area contributed by atoms with Crippen molar-refractivity contribution in [2.75, 3.05) is 11.9 Å². The van der Waals surface area contributed by atoms with Gasteiger partial charge in [0.15, 0.2) is 17.4 Å². The summed E-state index contributed by atoms with van der Waals surface area (Å²) in [5.41, 5.74) is 1.42. The van der Waals surface area contributed by atoms with Crippen molar-refractivity contribution in [3.8, 4) is 5.75 Å². The molecule has 1 aromatic heterocycles. The number of phenolic OH excluding ortho intramolecular Hbond substituents is 1. The zero-order valence-electron chi connectivity index (χ0n) is 19.1. The molecule has 10 heteroatoms. The van der Waals surface area contributed by atoms with Crippen LogP contribution in [0.25, 0.3) is 10.9 Å². The number of aromatic hydroxyl groups is 1. The first kappa shape index (κ1) is 24.3. The second kappa shape index (κ2) is 10.2. The number of fused-ring (bicyclic) bond motifs is 1. The van der Waals surface area contributed by atoms with Crippen LogP contribution in [0.4, 0.5) is 18.9 Å². The molecule has 0 spiro atoms. The molecule has 2 aromatic carbocycles. The van der Waals surface area contributed by atoms with Crippen LogP contribution in [0.5, 0.6) is 5.75 Å². The number of carbonyl (C=O) groups is 1. The van der Waals surface area contributed by atoms with Crippen LogP contribution in [0.2, 0.25) is 0 Å². The van der Waals surface area contributed by atoms with Gasteiger partial charge in [0.1, 0.15) is 0 Å². The minimum absolute atomic E-state index is 0.148. The van der Waals surface area contributed by atoms with E-state index in [0.29, 0.717) is 11.8 Å². The molecule has 0 atom stereocenters. The summed E-state index contributed by atoms with van der Waals surface area (Å²) in [5, 5.41) is 28.0. The fourth-order valence-corrected chi connectivity index (χ4v) is 4.27. The zero-order chi connectivity index (χ0) is 25.1. The number of nitrogens with one attached hydrogen (secondary N) is 3. The fourth-order valence-electron chi connectivity index (χ4n) is 4.27. The maximum Gasteiger partial charge on any atom is 0.254 e. The number of benzene rings is 2. The third kappa shape index (κ3) is 5.47. The number of aromatic nitrogens is 2. The van der Waals surface area contributed by atoms with Crippen molar-refractivity contribution in [3.05, 3.63) is 65.8 Å². The van der Waals surface area contributed by atoms with Gasteiger partial charge in [-0.2, -0.15) is 9.49 Å². The Bertz CT molecular complexity index is 1300. The molecule has 4 rings (SSSR count). The van der Waals surface area contributed by atoms with Crippen molar-refractivity contribution in [1.29, 1.82) is 5.41 Å². The molecule has 1 amide bonds. The molecule has 7 nitrogen and oxygen atoms in total. The normalized spacial score (nSPS) is 18.2. The first-order valence-corrected chi connectivity index (χ1v) is 11.3. The van der Waals surface area contributed by atoms with Crippen LogP contribution in [0, 0.1) is 28.8 Å². The van der Waals surface area contributed by atoms with E-state index in [4.69, 9.17) is 15.6 Å². The minimum atomic E-state index is -1.77. The predicted octanol–water partition coefficient (Wildman–Crippen LogP) is 5.29. The van der Waals surface area contributed by atoms with Gasteiger partial charge in [-0.3, -0.25) is 9.48 Å². The maximum absolute atomic E-state index is 13.9.